The van der Waals surface area contributed by atoms with Crippen molar-refractivity contribution in [3.05, 3.63) is 0 Å². The summed E-state index contributed by atoms with van der Waals surface area (Å²) in [6, 6.07) is 2.30. The van der Waals surface area contributed by atoms with E-state index in [1.54, 1.807) is 0 Å². The molecule has 2 rings (SSSR count). The summed E-state index contributed by atoms with van der Waals surface area (Å²) in [5.41, 5.74) is -0.599. The molecule has 1 aliphatic heterocycles. The highest BCUT2D eigenvalue weighted by Crippen LogP contribution is 2.28. The Hall–Kier alpha value is -1.24. The number of carbonyl (C=O) groups excluding carboxylic acids is 1. The first kappa shape index (κ1) is 13.2. The maximum atomic E-state index is 12.2. The van der Waals surface area contributed by atoms with Crippen molar-refractivity contribution >= 4 is 6.03 Å². The first-order valence-electron chi connectivity index (χ1n) is 7.13. The Labute approximate surface area is 109 Å². The Morgan fingerprint density at radius 1 is 1.28 bits per heavy atom. The highest BCUT2D eigenvalue weighted by molar-refractivity contribution is 5.75. The van der Waals surface area contributed by atoms with Crippen molar-refractivity contribution in [1.29, 1.82) is 5.26 Å². The Morgan fingerprint density at radius 2 is 1.89 bits per heavy atom. The lowest BCUT2D eigenvalue weighted by atomic mass is 9.83. The van der Waals surface area contributed by atoms with E-state index in [-0.39, 0.29) is 6.03 Å². The summed E-state index contributed by atoms with van der Waals surface area (Å²) in [5.74, 6) is 0.716. The van der Waals surface area contributed by atoms with Crippen molar-refractivity contribution in [3.8, 4) is 6.07 Å². The second-order valence-electron chi connectivity index (χ2n) is 5.85. The van der Waals surface area contributed by atoms with Crippen LogP contribution in [0.4, 0.5) is 4.79 Å². The van der Waals surface area contributed by atoms with Gasteiger partial charge in [0.15, 0.2) is 0 Å². The molecule has 0 aromatic heterocycles. The van der Waals surface area contributed by atoms with Crippen molar-refractivity contribution < 1.29 is 4.79 Å². The van der Waals surface area contributed by atoms with Crippen LogP contribution in [0.3, 0.4) is 0 Å². The van der Waals surface area contributed by atoms with Crippen molar-refractivity contribution in [2.24, 2.45) is 5.92 Å². The van der Waals surface area contributed by atoms with Gasteiger partial charge in [-0.2, -0.15) is 5.26 Å². The minimum atomic E-state index is -0.599. The van der Waals surface area contributed by atoms with Gasteiger partial charge < -0.3 is 10.2 Å². The van der Waals surface area contributed by atoms with Crippen molar-refractivity contribution in [1.82, 2.24) is 10.2 Å². The second-order valence-corrected chi connectivity index (χ2v) is 5.85. The molecule has 1 aliphatic carbocycles. The van der Waals surface area contributed by atoms with E-state index in [0.717, 1.165) is 51.6 Å². The number of nitriles is 1. The molecule has 1 N–H and O–H groups in total. The Bertz CT molecular complexity index is 333. The van der Waals surface area contributed by atoms with Crippen LogP contribution < -0.4 is 5.32 Å². The minimum absolute atomic E-state index is 0.0367. The summed E-state index contributed by atoms with van der Waals surface area (Å²) < 4.78 is 0. The van der Waals surface area contributed by atoms with Gasteiger partial charge in [0.25, 0.3) is 0 Å². The molecule has 100 valence electrons. The predicted molar refractivity (Wildman–Crippen MR) is 69.9 cm³/mol. The molecule has 0 aromatic carbocycles. The third-order valence-corrected chi connectivity index (χ3v) is 4.34. The maximum absolute atomic E-state index is 12.2. The van der Waals surface area contributed by atoms with Gasteiger partial charge in [0.2, 0.25) is 0 Å². The van der Waals surface area contributed by atoms with E-state index in [2.05, 4.69) is 18.3 Å². The molecule has 0 radical (unpaired) electrons. The van der Waals surface area contributed by atoms with Gasteiger partial charge in [-0.05, 0) is 31.6 Å². The zero-order valence-corrected chi connectivity index (χ0v) is 11.2. The fourth-order valence-electron chi connectivity index (χ4n) is 2.92. The lowest BCUT2D eigenvalue weighted by molar-refractivity contribution is 0.161. The molecule has 2 fully saturated rings. The number of hydrogen-bond donors (Lipinski definition) is 1. The molecule has 0 spiro atoms. The van der Waals surface area contributed by atoms with Crippen LogP contribution in [0, 0.1) is 17.2 Å². The molecule has 0 atom stereocenters. The molecule has 1 heterocycles. The van der Waals surface area contributed by atoms with Crippen LogP contribution in [0.25, 0.3) is 0 Å². The third kappa shape index (κ3) is 2.95. The minimum Gasteiger partial charge on any atom is -0.325 e. The molecule has 4 heteroatoms. The van der Waals surface area contributed by atoms with Crippen LogP contribution in [0.5, 0.6) is 0 Å². The molecular formula is C14H23N3O. The van der Waals surface area contributed by atoms with E-state index in [0.29, 0.717) is 5.92 Å². The quantitative estimate of drug-likeness (QED) is 0.776. The SMILES string of the molecule is CC1CCN(C(=O)NC2(C#N)CCCCC2)CC1. The van der Waals surface area contributed by atoms with Gasteiger partial charge in [-0.3, -0.25) is 0 Å². The van der Waals surface area contributed by atoms with Gasteiger partial charge in [0.1, 0.15) is 5.54 Å². The highest BCUT2D eigenvalue weighted by atomic mass is 16.2. The Balaban J connectivity index is 1.91. The van der Waals surface area contributed by atoms with Crippen molar-refractivity contribution in [2.75, 3.05) is 13.1 Å². The number of rotatable bonds is 1. The highest BCUT2D eigenvalue weighted by Gasteiger charge is 2.35. The number of piperidine rings is 1. The number of nitrogens with zero attached hydrogens (tertiary/aromatic N) is 2. The summed E-state index contributed by atoms with van der Waals surface area (Å²) in [5, 5.41) is 12.3. The van der Waals surface area contributed by atoms with Crippen molar-refractivity contribution in [3.63, 3.8) is 0 Å². The van der Waals surface area contributed by atoms with E-state index >= 15 is 0 Å². The summed E-state index contributed by atoms with van der Waals surface area (Å²) in [6.07, 6.45) is 7.04. The molecule has 0 bridgehead atoms. The summed E-state index contributed by atoms with van der Waals surface area (Å²) >= 11 is 0. The second kappa shape index (κ2) is 5.60. The molecule has 18 heavy (non-hydrogen) atoms. The summed E-state index contributed by atoms with van der Waals surface area (Å²) in [4.78, 5) is 14.1. The zero-order valence-electron chi connectivity index (χ0n) is 11.2. The van der Waals surface area contributed by atoms with E-state index < -0.39 is 5.54 Å². The van der Waals surface area contributed by atoms with Crippen LogP contribution in [0.2, 0.25) is 0 Å². The third-order valence-electron chi connectivity index (χ3n) is 4.34. The average molecular weight is 249 g/mol. The number of amides is 2. The van der Waals surface area contributed by atoms with Crippen LogP contribution in [-0.4, -0.2) is 29.6 Å². The van der Waals surface area contributed by atoms with E-state index in [4.69, 9.17) is 0 Å². The predicted octanol–water partition coefficient (Wildman–Crippen LogP) is 2.65. The molecular weight excluding hydrogens is 226 g/mol. The normalized spacial score (nSPS) is 24.3. The number of likely N-dealkylation sites (tertiary alicyclic amines) is 1. The lowest BCUT2D eigenvalue weighted by Crippen LogP contribution is -2.54. The monoisotopic (exact) mass is 249 g/mol. The molecule has 0 aromatic rings. The van der Waals surface area contributed by atoms with Crippen LogP contribution in [0.1, 0.15) is 51.9 Å². The van der Waals surface area contributed by atoms with Gasteiger partial charge in [0.05, 0.1) is 6.07 Å². The molecule has 2 aliphatic rings. The maximum Gasteiger partial charge on any atom is 0.318 e. The number of hydrogen-bond acceptors (Lipinski definition) is 2. The Morgan fingerprint density at radius 3 is 2.44 bits per heavy atom. The van der Waals surface area contributed by atoms with Gasteiger partial charge in [-0.1, -0.05) is 26.2 Å². The van der Waals surface area contributed by atoms with Gasteiger partial charge >= 0.3 is 6.03 Å². The molecule has 1 saturated heterocycles. The standard InChI is InChI=1S/C14H23N3O/c1-12-5-9-17(10-6-12)13(18)16-14(11-15)7-3-2-4-8-14/h12H,2-10H2,1H3,(H,16,18). The number of nitrogens with one attached hydrogen (secondary N) is 1. The van der Waals surface area contributed by atoms with Crippen LogP contribution >= 0.6 is 0 Å². The first-order valence-corrected chi connectivity index (χ1v) is 7.13. The smallest absolute Gasteiger partial charge is 0.318 e. The number of urea groups is 1. The molecule has 0 unspecified atom stereocenters. The van der Waals surface area contributed by atoms with E-state index in [1.165, 1.54) is 6.42 Å². The molecule has 4 nitrogen and oxygen atoms in total. The fraction of sp³-hybridized carbons (Fsp3) is 0.857. The lowest BCUT2D eigenvalue weighted by Gasteiger charge is -2.36. The Kier molecular flexibility index (Phi) is 4.11. The molecule has 2 amide bonds. The first-order chi connectivity index (χ1) is 8.65. The summed E-state index contributed by atoms with van der Waals surface area (Å²) in [6.45, 7) is 3.89. The van der Waals surface area contributed by atoms with E-state index in [9.17, 15) is 10.1 Å². The zero-order chi connectivity index (χ0) is 13.0. The van der Waals surface area contributed by atoms with Gasteiger partial charge in [-0.25, -0.2) is 4.79 Å². The van der Waals surface area contributed by atoms with Crippen molar-refractivity contribution in [2.45, 2.75) is 57.4 Å². The topological polar surface area (TPSA) is 56.1 Å². The summed E-state index contributed by atoms with van der Waals surface area (Å²) in [7, 11) is 0. The molecule has 1 saturated carbocycles. The number of carbonyl (C=O) groups is 1. The van der Waals surface area contributed by atoms with Gasteiger partial charge in [-0.15, -0.1) is 0 Å². The average Bonchev–Trinajstić information content (AvgIpc) is 2.40. The van der Waals surface area contributed by atoms with E-state index in [1.807, 2.05) is 4.90 Å². The largest absolute Gasteiger partial charge is 0.325 e. The van der Waals surface area contributed by atoms with Gasteiger partial charge in [0, 0.05) is 13.1 Å². The van der Waals surface area contributed by atoms with Crippen LogP contribution in [-0.2, 0) is 0 Å². The fourth-order valence-corrected chi connectivity index (χ4v) is 2.92. The van der Waals surface area contributed by atoms with Crippen LogP contribution in [0.15, 0.2) is 0 Å².